The molecule has 1 N–H and O–H groups in total. The van der Waals surface area contributed by atoms with E-state index in [1.165, 1.54) is 19.3 Å². The van der Waals surface area contributed by atoms with Gasteiger partial charge in [0.25, 0.3) is 0 Å². The number of pyridine rings is 1. The third-order valence-corrected chi connectivity index (χ3v) is 3.24. The van der Waals surface area contributed by atoms with Crippen molar-refractivity contribution in [1.82, 2.24) is 20.4 Å². The first-order chi connectivity index (χ1) is 8.93. The Bertz CT molecular complexity index is 489. The molecule has 0 bridgehead atoms. The second-order valence-electron chi connectivity index (χ2n) is 4.55. The van der Waals surface area contributed by atoms with E-state index in [0.717, 1.165) is 18.5 Å². The molecule has 94 valence electrons. The Kier molecular flexibility index (Phi) is 3.32. The van der Waals surface area contributed by atoms with Crippen LogP contribution < -0.4 is 5.32 Å². The van der Waals surface area contributed by atoms with Gasteiger partial charge in [-0.1, -0.05) is 18.0 Å². The smallest absolute Gasteiger partial charge is 0.244 e. The lowest BCUT2D eigenvalue weighted by molar-refractivity contribution is 0.327. The van der Waals surface area contributed by atoms with Gasteiger partial charge < -0.3 is 9.84 Å². The van der Waals surface area contributed by atoms with Crippen LogP contribution in [-0.2, 0) is 0 Å². The summed E-state index contributed by atoms with van der Waals surface area (Å²) in [5.74, 6) is 1.34. The van der Waals surface area contributed by atoms with Gasteiger partial charge in [0.1, 0.15) is 0 Å². The van der Waals surface area contributed by atoms with Crippen molar-refractivity contribution in [3.05, 3.63) is 30.4 Å². The molecule has 1 fully saturated rings. The van der Waals surface area contributed by atoms with Gasteiger partial charge in [0, 0.05) is 18.0 Å². The van der Waals surface area contributed by atoms with E-state index in [-0.39, 0.29) is 6.04 Å². The highest BCUT2D eigenvalue weighted by atomic mass is 16.5. The number of nitrogens with one attached hydrogen (secondary N) is 1. The summed E-state index contributed by atoms with van der Waals surface area (Å²) in [5, 5.41) is 7.49. The minimum absolute atomic E-state index is 0.204. The Morgan fingerprint density at radius 1 is 1.17 bits per heavy atom. The molecule has 0 radical (unpaired) electrons. The highest BCUT2D eigenvalue weighted by molar-refractivity contribution is 5.52. The van der Waals surface area contributed by atoms with E-state index in [9.17, 15) is 0 Å². The molecule has 1 atom stereocenters. The summed E-state index contributed by atoms with van der Waals surface area (Å²) in [5.41, 5.74) is 0.939. The van der Waals surface area contributed by atoms with E-state index in [1.807, 2.05) is 12.1 Å². The van der Waals surface area contributed by atoms with Gasteiger partial charge in [-0.15, -0.1) is 0 Å². The molecule has 0 aliphatic carbocycles. The molecule has 1 aliphatic rings. The number of rotatable bonds is 2. The second-order valence-corrected chi connectivity index (χ2v) is 4.55. The normalized spacial score (nSPS) is 20.6. The summed E-state index contributed by atoms with van der Waals surface area (Å²) in [6.07, 6.45) is 8.24. The first kappa shape index (κ1) is 11.3. The van der Waals surface area contributed by atoms with Crippen LogP contribution in [0.3, 0.4) is 0 Å². The first-order valence-electron chi connectivity index (χ1n) is 6.41. The molecule has 5 nitrogen and oxygen atoms in total. The zero-order valence-electron chi connectivity index (χ0n) is 10.2. The average Bonchev–Trinajstić information content (AvgIpc) is 2.76. The van der Waals surface area contributed by atoms with E-state index in [0.29, 0.717) is 11.7 Å². The monoisotopic (exact) mass is 244 g/mol. The minimum Gasteiger partial charge on any atom is -0.337 e. The Labute approximate surface area is 106 Å². The van der Waals surface area contributed by atoms with Gasteiger partial charge in [0.05, 0.1) is 6.04 Å². The van der Waals surface area contributed by atoms with Gasteiger partial charge in [0.2, 0.25) is 11.7 Å². The highest BCUT2D eigenvalue weighted by Gasteiger charge is 2.20. The molecule has 1 aliphatic heterocycles. The van der Waals surface area contributed by atoms with Gasteiger partial charge in [0.15, 0.2) is 0 Å². The van der Waals surface area contributed by atoms with Crippen LogP contribution in [-0.4, -0.2) is 21.7 Å². The van der Waals surface area contributed by atoms with Crippen LogP contribution in [0.1, 0.15) is 37.6 Å². The summed E-state index contributed by atoms with van der Waals surface area (Å²) in [6, 6.07) is 3.97. The van der Waals surface area contributed by atoms with Gasteiger partial charge in [-0.25, -0.2) is 0 Å². The molecule has 18 heavy (non-hydrogen) atoms. The Morgan fingerprint density at radius 2 is 2.06 bits per heavy atom. The van der Waals surface area contributed by atoms with Gasteiger partial charge in [-0.05, 0) is 31.5 Å². The maximum absolute atomic E-state index is 5.37. The standard InChI is InChI=1S/C13H16N4O/c1-2-4-11(15-7-3-1)13-16-12(17-18-13)10-5-8-14-9-6-10/h5-6,8-9,11,15H,1-4,7H2. The van der Waals surface area contributed by atoms with Crippen LogP contribution in [0.25, 0.3) is 11.4 Å². The molecule has 3 heterocycles. The quantitative estimate of drug-likeness (QED) is 0.878. The Morgan fingerprint density at radius 3 is 2.94 bits per heavy atom. The first-order valence-corrected chi connectivity index (χ1v) is 6.41. The molecule has 0 amide bonds. The summed E-state index contributed by atoms with van der Waals surface area (Å²) in [6.45, 7) is 1.03. The van der Waals surface area contributed by atoms with E-state index >= 15 is 0 Å². The molecular weight excluding hydrogens is 228 g/mol. The maximum Gasteiger partial charge on any atom is 0.244 e. The van der Waals surface area contributed by atoms with Crippen molar-refractivity contribution in [1.29, 1.82) is 0 Å². The van der Waals surface area contributed by atoms with E-state index in [4.69, 9.17) is 4.52 Å². The third kappa shape index (κ3) is 2.41. The predicted molar refractivity (Wildman–Crippen MR) is 66.7 cm³/mol. The highest BCUT2D eigenvalue weighted by Crippen LogP contribution is 2.23. The molecule has 3 rings (SSSR count). The Balaban J connectivity index is 1.80. The van der Waals surface area contributed by atoms with Crippen molar-refractivity contribution < 1.29 is 4.52 Å². The topological polar surface area (TPSA) is 63.8 Å². The number of aromatic nitrogens is 3. The fourth-order valence-electron chi connectivity index (χ4n) is 2.23. The number of hydrogen-bond acceptors (Lipinski definition) is 5. The van der Waals surface area contributed by atoms with Gasteiger partial charge in [-0.2, -0.15) is 4.98 Å². The molecule has 0 aromatic carbocycles. The SMILES string of the molecule is c1cc(-c2noc(C3CCCCCN3)n2)ccn1. The van der Waals surface area contributed by atoms with Crippen molar-refractivity contribution in [3.8, 4) is 11.4 Å². The lowest BCUT2D eigenvalue weighted by atomic mass is 10.1. The fourth-order valence-corrected chi connectivity index (χ4v) is 2.23. The van der Waals surface area contributed by atoms with Crippen molar-refractivity contribution in [2.45, 2.75) is 31.7 Å². The zero-order chi connectivity index (χ0) is 12.2. The lowest BCUT2D eigenvalue weighted by Gasteiger charge is -2.09. The molecule has 1 unspecified atom stereocenters. The van der Waals surface area contributed by atoms with E-state index < -0.39 is 0 Å². The predicted octanol–water partition coefficient (Wildman–Crippen LogP) is 2.34. The van der Waals surface area contributed by atoms with Crippen LogP contribution in [0.4, 0.5) is 0 Å². The van der Waals surface area contributed by atoms with Crippen molar-refractivity contribution in [2.75, 3.05) is 6.54 Å². The second kappa shape index (κ2) is 5.27. The van der Waals surface area contributed by atoms with Crippen LogP contribution in [0.15, 0.2) is 29.0 Å². The number of hydrogen-bond donors (Lipinski definition) is 1. The van der Waals surface area contributed by atoms with Crippen LogP contribution in [0.2, 0.25) is 0 Å². The van der Waals surface area contributed by atoms with E-state index in [2.05, 4.69) is 20.4 Å². The van der Waals surface area contributed by atoms with Gasteiger partial charge in [-0.3, -0.25) is 4.98 Å². The maximum atomic E-state index is 5.37. The largest absolute Gasteiger partial charge is 0.337 e. The van der Waals surface area contributed by atoms with Crippen molar-refractivity contribution >= 4 is 0 Å². The van der Waals surface area contributed by atoms with Crippen molar-refractivity contribution in [2.24, 2.45) is 0 Å². The minimum atomic E-state index is 0.204. The molecule has 2 aromatic rings. The number of nitrogens with zero attached hydrogens (tertiary/aromatic N) is 3. The Hall–Kier alpha value is -1.75. The fraction of sp³-hybridized carbons (Fsp3) is 0.462. The van der Waals surface area contributed by atoms with Crippen LogP contribution >= 0.6 is 0 Å². The van der Waals surface area contributed by atoms with Gasteiger partial charge >= 0.3 is 0 Å². The molecule has 0 saturated carbocycles. The lowest BCUT2D eigenvalue weighted by Crippen LogP contribution is -2.20. The van der Waals surface area contributed by atoms with Crippen molar-refractivity contribution in [3.63, 3.8) is 0 Å². The zero-order valence-corrected chi connectivity index (χ0v) is 10.2. The third-order valence-electron chi connectivity index (χ3n) is 3.24. The molecule has 5 heteroatoms. The molecule has 2 aromatic heterocycles. The summed E-state index contributed by atoms with van der Waals surface area (Å²) < 4.78 is 5.37. The molecule has 0 spiro atoms. The summed E-state index contributed by atoms with van der Waals surface area (Å²) in [4.78, 5) is 8.46. The average molecular weight is 244 g/mol. The summed E-state index contributed by atoms with van der Waals surface area (Å²) >= 11 is 0. The van der Waals surface area contributed by atoms with Crippen LogP contribution in [0.5, 0.6) is 0 Å². The van der Waals surface area contributed by atoms with Crippen LogP contribution in [0, 0.1) is 0 Å². The van der Waals surface area contributed by atoms with E-state index in [1.54, 1.807) is 12.4 Å². The molecule has 1 saturated heterocycles. The summed E-state index contributed by atoms with van der Waals surface area (Å²) in [7, 11) is 0. The molecular formula is C13H16N4O.